The van der Waals surface area contributed by atoms with Crippen molar-refractivity contribution in [3.63, 3.8) is 0 Å². The van der Waals surface area contributed by atoms with Crippen LogP contribution in [0.3, 0.4) is 0 Å². The Morgan fingerprint density at radius 1 is 1.04 bits per heavy atom. The lowest BCUT2D eigenvalue weighted by Gasteiger charge is -2.08. The van der Waals surface area contributed by atoms with Gasteiger partial charge in [0, 0.05) is 18.9 Å². The summed E-state index contributed by atoms with van der Waals surface area (Å²) < 4.78 is 5.43. The van der Waals surface area contributed by atoms with E-state index in [9.17, 15) is 4.79 Å². The summed E-state index contributed by atoms with van der Waals surface area (Å²) in [6.07, 6.45) is 3.51. The molecule has 0 aliphatic heterocycles. The van der Waals surface area contributed by atoms with Gasteiger partial charge in [-0.15, -0.1) is 10.2 Å². The number of pyridine rings is 1. The first-order chi connectivity index (χ1) is 12.7. The molecule has 1 aromatic carbocycles. The molecule has 0 saturated carbocycles. The number of aromatic nitrogens is 3. The third-order valence-corrected chi connectivity index (χ3v) is 3.52. The maximum atomic E-state index is 11.9. The van der Waals surface area contributed by atoms with Crippen molar-refractivity contribution in [2.24, 2.45) is 0 Å². The number of ether oxygens (including phenoxy) is 1. The number of rotatable bonds is 7. The number of nitrogens with one attached hydrogen (secondary N) is 2. The molecule has 2 N–H and O–H groups in total. The molecule has 1 amide bonds. The zero-order chi connectivity index (χ0) is 18.2. The average molecular weight is 349 g/mol. The number of hydrogen-bond acceptors (Lipinski definition) is 6. The predicted molar refractivity (Wildman–Crippen MR) is 98.9 cm³/mol. The second kappa shape index (κ2) is 8.57. The number of carbonyl (C=O) groups is 1. The molecular formula is C19H19N5O2. The van der Waals surface area contributed by atoms with Crippen LogP contribution in [0, 0.1) is 6.92 Å². The lowest BCUT2D eigenvalue weighted by atomic mass is 10.2. The number of carbonyl (C=O) groups excluding carboxylic acids is 1. The highest BCUT2D eigenvalue weighted by atomic mass is 16.5. The van der Waals surface area contributed by atoms with Crippen LogP contribution in [0.5, 0.6) is 5.75 Å². The van der Waals surface area contributed by atoms with Crippen LogP contribution >= 0.6 is 0 Å². The van der Waals surface area contributed by atoms with E-state index in [1.807, 2.05) is 43.3 Å². The molecule has 3 rings (SSSR count). The molecule has 0 saturated heterocycles. The van der Waals surface area contributed by atoms with Crippen LogP contribution in [-0.2, 0) is 11.3 Å². The molecule has 132 valence electrons. The molecule has 2 heterocycles. The predicted octanol–water partition coefficient (Wildman–Crippen LogP) is 2.81. The Labute approximate surface area is 151 Å². The van der Waals surface area contributed by atoms with Gasteiger partial charge in [-0.1, -0.05) is 23.8 Å². The Morgan fingerprint density at radius 2 is 1.81 bits per heavy atom. The fourth-order valence-corrected chi connectivity index (χ4v) is 2.15. The number of aryl methyl sites for hydroxylation is 1. The summed E-state index contributed by atoms with van der Waals surface area (Å²) in [5.41, 5.74) is 2.18. The molecule has 7 nitrogen and oxygen atoms in total. The molecule has 26 heavy (non-hydrogen) atoms. The average Bonchev–Trinajstić information content (AvgIpc) is 2.68. The summed E-state index contributed by atoms with van der Waals surface area (Å²) in [5.74, 6) is 1.33. The first-order valence-electron chi connectivity index (χ1n) is 8.15. The Morgan fingerprint density at radius 3 is 2.50 bits per heavy atom. The van der Waals surface area contributed by atoms with Crippen molar-refractivity contribution in [3.8, 4) is 5.75 Å². The fraction of sp³-hybridized carbons (Fsp3) is 0.158. The fourth-order valence-electron chi connectivity index (χ4n) is 2.15. The van der Waals surface area contributed by atoms with Gasteiger partial charge in [-0.2, -0.15) is 0 Å². The first-order valence-corrected chi connectivity index (χ1v) is 8.15. The van der Waals surface area contributed by atoms with Crippen molar-refractivity contribution in [1.29, 1.82) is 0 Å². The van der Waals surface area contributed by atoms with Crippen LogP contribution in [0.4, 0.5) is 11.6 Å². The van der Waals surface area contributed by atoms with Gasteiger partial charge in [0.15, 0.2) is 12.4 Å². The highest BCUT2D eigenvalue weighted by Gasteiger charge is 2.05. The summed E-state index contributed by atoms with van der Waals surface area (Å²) in [7, 11) is 0. The van der Waals surface area contributed by atoms with Crippen molar-refractivity contribution >= 4 is 17.5 Å². The zero-order valence-electron chi connectivity index (χ0n) is 14.3. The molecule has 3 aromatic rings. The van der Waals surface area contributed by atoms with Crippen LogP contribution in [0.25, 0.3) is 0 Å². The van der Waals surface area contributed by atoms with Crippen LogP contribution in [-0.4, -0.2) is 27.7 Å². The summed E-state index contributed by atoms with van der Waals surface area (Å²) >= 11 is 0. The van der Waals surface area contributed by atoms with Crippen molar-refractivity contribution in [2.75, 3.05) is 17.2 Å². The Hall–Kier alpha value is -3.48. The van der Waals surface area contributed by atoms with Crippen LogP contribution in [0.2, 0.25) is 0 Å². The normalized spacial score (nSPS) is 10.2. The minimum atomic E-state index is -0.295. The first kappa shape index (κ1) is 17.3. The van der Waals surface area contributed by atoms with Gasteiger partial charge in [-0.25, -0.2) is 0 Å². The van der Waals surface area contributed by atoms with Gasteiger partial charge in [0.05, 0.1) is 0 Å². The molecule has 0 aliphatic rings. The number of benzene rings is 1. The van der Waals surface area contributed by atoms with E-state index in [1.165, 1.54) is 0 Å². The van der Waals surface area contributed by atoms with Gasteiger partial charge in [-0.05, 0) is 42.8 Å². The molecule has 0 spiro atoms. The number of anilines is 2. The lowest BCUT2D eigenvalue weighted by molar-refractivity contribution is -0.118. The summed E-state index contributed by atoms with van der Waals surface area (Å²) in [6, 6.07) is 14.8. The van der Waals surface area contributed by atoms with Crippen molar-refractivity contribution in [2.45, 2.75) is 13.5 Å². The quantitative estimate of drug-likeness (QED) is 0.682. The molecule has 2 aromatic heterocycles. The van der Waals surface area contributed by atoms with E-state index in [-0.39, 0.29) is 12.5 Å². The molecule has 0 radical (unpaired) electrons. The largest absolute Gasteiger partial charge is 0.484 e. The van der Waals surface area contributed by atoms with E-state index in [0.717, 1.165) is 11.1 Å². The standard InChI is InChI=1S/C19H19N5O2/c1-14-4-6-16(7-5-14)26-13-19(25)22-18-9-8-17(23-24-18)21-12-15-3-2-10-20-11-15/h2-11H,12-13H2,1H3,(H,21,23)(H,22,24,25). The Balaban J connectivity index is 1.45. The van der Waals surface area contributed by atoms with Crippen LogP contribution in [0.1, 0.15) is 11.1 Å². The second-order valence-electron chi connectivity index (χ2n) is 5.67. The number of hydrogen-bond donors (Lipinski definition) is 2. The smallest absolute Gasteiger partial charge is 0.263 e. The van der Waals surface area contributed by atoms with Crippen molar-refractivity contribution in [3.05, 3.63) is 72.1 Å². The van der Waals surface area contributed by atoms with Crippen LogP contribution < -0.4 is 15.4 Å². The van der Waals surface area contributed by atoms with Gasteiger partial charge in [-0.3, -0.25) is 9.78 Å². The van der Waals surface area contributed by atoms with E-state index in [2.05, 4.69) is 25.8 Å². The van der Waals surface area contributed by atoms with Crippen molar-refractivity contribution in [1.82, 2.24) is 15.2 Å². The highest BCUT2D eigenvalue weighted by Crippen LogP contribution is 2.12. The molecule has 7 heteroatoms. The Bertz CT molecular complexity index is 836. The number of amides is 1. The third-order valence-electron chi connectivity index (χ3n) is 3.52. The Kier molecular flexibility index (Phi) is 5.72. The second-order valence-corrected chi connectivity index (χ2v) is 5.67. The molecule has 0 fully saturated rings. The van der Waals surface area contributed by atoms with Gasteiger partial charge >= 0.3 is 0 Å². The van der Waals surface area contributed by atoms with Gasteiger partial charge in [0.2, 0.25) is 0 Å². The molecule has 0 bridgehead atoms. The summed E-state index contributed by atoms with van der Waals surface area (Å²) in [6.45, 7) is 2.49. The topological polar surface area (TPSA) is 89.0 Å². The van der Waals surface area contributed by atoms with E-state index in [1.54, 1.807) is 24.5 Å². The van der Waals surface area contributed by atoms with Gasteiger partial charge < -0.3 is 15.4 Å². The van der Waals surface area contributed by atoms with Gasteiger partial charge in [0.25, 0.3) is 5.91 Å². The molecule has 0 atom stereocenters. The maximum absolute atomic E-state index is 11.9. The van der Waals surface area contributed by atoms with E-state index in [0.29, 0.717) is 23.9 Å². The van der Waals surface area contributed by atoms with Gasteiger partial charge in [0.1, 0.15) is 11.6 Å². The molecule has 0 aliphatic carbocycles. The highest BCUT2D eigenvalue weighted by molar-refractivity contribution is 5.90. The van der Waals surface area contributed by atoms with E-state index in [4.69, 9.17) is 4.74 Å². The lowest BCUT2D eigenvalue weighted by Crippen LogP contribution is -2.21. The zero-order valence-corrected chi connectivity index (χ0v) is 14.3. The molecule has 0 unspecified atom stereocenters. The number of nitrogens with zero attached hydrogens (tertiary/aromatic N) is 3. The monoisotopic (exact) mass is 349 g/mol. The SMILES string of the molecule is Cc1ccc(OCC(=O)Nc2ccc(NCc3cccnc3)nn2)cc1. The summed E-state index contributed by atoms with van der Waals surface area (Å²) in [5, 5.41) is 13.8. The maximum Gasteiger partial charge on any atom is 0.263 e. The third kappa shape index (κ3) is 5.27. The van der Waals surface area contributed by atoms with Crippen LogP contribution in [0.15, 0.2) is 60.9 Å². The van der Waals surface area contributed by atoms with E-state index >= 15 is 0 Å². The van der Waals surface area contributed by atoms with Crippen molar-refractivity contribution < 1.29 is 9.53 Å². The van der Waals surface area contributed by atoms with E-state index < -0.39 is 0 Å². The molecular weight excluding hydrogens is 330 g/mol. The summed E-state index contributed by atoms with van der Waals surface area (Å²) in [4.78, 5) is 16.0. The minimum Gasteiger partial charge on any atom is -0.484 e. The minimum absolute atomic E-state index is 0.0915.